The highest BCUT2D eigenvalue weighted by molar-refractivity contribution is 7.81. The van der Waals surface area contributed by atoms with E-state index in [-0.39, 0.29) is 0 Å². The van der Waals surface area contributed by atoms with E-state index < -0.39 is 0 Å². The van der Waals surface area contributed by atoms with Crippen LogP contribution in [0.15, 0.2) is 24.4 Å². The maximum atomic E-state index is 5.58. The molecular formula is C13H14N2O2S2. The van der Waals surface area contributed by atoms with Crippen LogP contribution in [0.25, 0.3) is 10.6 Å². The van der Waals surface area contributed by atoms with E-state index in [0.29, 0.717) is 17.3 Å². The third-order valence-electron chi connectivity index (χ3n) is 2.46. The average molecular weight is 294 g/mol. The van der Waals surface area contributed by atoms with Crippen LogP contribution in [0.1, 0.15) is 11.8 Å². The molecule has 0 spiro atoms. The summed E-state index contributed by atoms with van der Waals surface area (Å²) in [5, 5.41) is 0.851. The van der Waals surface area contributed by atoms with Crippen molar-refractivity contribution in [3.63, 3.8) is 0 Å². The summed E-state index contributed by atoms with van der Waals surface area (Å²) in [6.07, 6.45) is 1.69. The summed E-state index contributed by atoms with van der Waals surface area (Å²) in [4.78, 5) is 5.48. The van der Waals surface area contributed by atoms with Crippen LogP contribution in [-0.4, -0.2) is 23.7 Å². The van der Waals surface area contributed by atoms with E-state index in [1.165, 1.54) is 11.3 Å². The molecule has 0 saturated carbocycles. The van der Waals surface area contributed by atoms with Gasteiger partial charge in [-0.2, -0.15) is 0 Å². The van der Waals surface area contributed by atoms with Crippen molar-refractivity contribution < 1.29 is 9.47 Å². The van der Waals surface area contributed by atoms with Gasteiger partial charge in [-0.15, -0.1) is 11.3 Å². The Morgan fingerprint density at radius 2 is 2.21 bits per heavy atom. The predicted molar refractivity (Wildman–Crippen MR) is 81.2 cm³/mol. The third-order valence-corrected chi connectivity index (χ3v) is 3.89. The van der Waals surface area contributed by atoms with E-state index in [4.69, 9.17) is 27.4 Å². The van der Waals surface area contributed by atoms with Gasteiger partial charge < -0.3 is 15.2 Å². The van der Waals surface area contributed by atoms with Crippen LogP contribution in [0.2, 0.25) is 0 Å². The van der Waals surface area contributed by atoms with Gasteiger partial charge in [-0.25, -0.2) is 4.98 Å². The number of thiocarbonyl (C=S) groups is 1. The molecular weight excluding hydrogens is 280 g/mol. The molecule has 6 heteroatoms. The Balaban J connectivity index is 2.36. The molecule has 0 aliphatic carbocycles. The SMILES string of the molecule is CCOc1ccc(-c2ncc(C(N)=S)s2)cc1OC. The summed E-state index contributed by atoms with van der Waals surface area (Å²) in [6, 6.07) is 5.71. The first kappa shape index (κ1) is 13.8. The smallest absolute Gasteiger partial charge is 0.161 e. The van der Waals surface area contributed by atoms with Gasteiger partial charge in [-0.1, -0.05) is 12.2 Å². The molecule has 1 heterocycles. The molecule has 0 aliphatic rings. The largest absolute Gasteiger partial charge is 0.493 e. The summed E-state index contributed by atoms with van der Waals surface area (Å²) in [5.74, 6) is 1.41. The van der Waals surface area contributed by atoms with Gasteiger partial charge in [0.1, 0.15) is 10.00 Å². The lowest BCUT2D eigenvalue weighted by Gasteiger charge is -2.09. The minimum Gasteiger partial charge on any atom is -0.493 e. The first-order valence-electron chi connectivity index (χ1n) is 5.72. The normalized spacial score (nSPS) is 10.2. The topological polar surface area (TPSA) is 57.4 Å². The minimum absolute atomic E-state index is 0.363. The summed E-state index contributed by atoms with van der Waals surface area (Å²) in [7, 11) is 1.62. The fraction of sp³-hybridized carbons (Fsp3) is 0.231. The van der Waals surface area contributed by atoms with Crippen molar-refractivity contribution in [2.24, 2.45) is 5.73 Å². The zero-order valence-electron chi connectivity index (χ0n) is 10.7. The average Bonchev–Trinajstić information content (AvgIpc) is 2.89. The fourth-order valence-electron chi connectivity index (χ4n) is 1.60. The van der Waals surface area contributed by atoms with E-state index >= 15 is 0 Å². The molecule has 0 saturated heterocycles. The second-order valence-corrected chi connectivity index (χ2v) is 5.16. The van der Waals surface area contributed by atoms with Crippen molar-refractivity contribution >= 4 is 28.5 Å². The number of ether oxygens (including phenoxy) is 2. The van der Waals surface area contributed by atoms with Crippen LogP contribution >= 0.6 is 23.6 Å². The van der Waals surface area contributed by atoms with E-state index in [9.17, 15) is 0 Å². The van der Waals surface area contributed by atoms with Crippen molar-refractivity contribution in [1.29, 1.82) is 0 Å². The Labute approximate surface area is 121 Å². The predicted octanol–water partition coefficient (Wildman–Crippen LogP) is 2.85. The van der Waals surface area contributed by atoms with Crippen molar-refractivity contribution in [2.45, 2.75) is 6.92 Å². The maximum absolute atomic E-state index is 5.58. The van der Waals surface area contributed by atoms with Crippen LogP contribution in [0.4, 0.5) is 0 Å². The van der Waals surface area contributed by atoms with Gasteiger partial charge >= 0.3 is 0 Å². The summed E-state index contributed by atoms with van der Waals surface area (Å²) in [5.41, 5.74) is 6.53. The number of nitrogens with zero attached hydrogens (tertiary/aromatic N) is 1. The molecule has 1 aromatic heterocycles. The van der Waals surface area contributed by atoms with Crippen LogP contribution in [-0.2, 0) is 0 Å². The molecule has 100 valence electrons. The molecule has 2 aromatic rings. The Hall–Kier alpha value is -1.66. The molecule has 0 aliphatic heterocycles. The summed E-state index contributed by atoms with van der Waals surface area (Å²) >= 11 is 6.39. The van der Waals surface area contributed by atoms with E-state index in [0.717, 1.165) is 21.2 Å². The molecule has 0 fully saturated rings. The third kappa shape index (κ3) is 3.02. The van der Waals surface area contributed by atoms with Gasteiger partial charge in [-0.3, -0.25) is 0 Å². The lowest BCUT2D eigenvalue weighted by atomic mass is 10.2. The maximum Gasteiger partial charge on any atom is 0.161 e. The van der Waals surface area contributed by atoms with Gasteiger partial charge in [0, 0.05) is 11.8 Å². The van der Waals surface area contributed by atoms with Crippen molar-refractivity contribution in [3.8, 4) is 22.1 Å². The quantitative estimate of drug-likeness (QED) is 0.859. The number of nitrogens with two attached hydrogens (primary N) is 1. The Morgan fingerprint density at radius 3 is 2.79 bits per heavy atom. The Kier molecular flexibility index (Phi) is 4.34. The number of hydrogen-bond donors (Lipinski definition) is 1. The van der Waals surface area contributed by atoms with Crippen molar-refractivity contribution in [2.75, 3.05) is 13.7 Å². The van der Waals surface area contributed by atoms with Gasteiger partial charge in [0.15, 0.2) is 11.5 Å². The van der Waals surface area contributed by atoms with Crippen LogP contribution in [0.5, 0.6) is 11.5 Å². The minimum atomic E-state index is 0.363. The molecule has 1 aromatic carbocycles. The zero-order valence-corrected chi connectivity index (χ0v) is 12.3. The number of aromatic nitrogens is 1. The summed E-state index contributed by atoms with van der Waals surface area (Å²) in [6.45, 7) is 2.53. The van der Waals surface area contributed by atoms with Crippen molar-refractivity contribution in [1.82, 2.24) is 4.98 Å². The van der Waals surface area contributed by atoms with E-state index in [2.05, 4.69) is 4.98 Å². The van der Waals surface area contributed by atoms with Gasteiger partial charge in [-0.05, 0) is 25.1 Å². The molecule has 4 nitrogen and oxygen atoms in total. The first-order chi connectivity index (χ1) is 9.15. The van der Waals surface area contributed by atoms with Gasteiger partial charge in [0.25, 0.3) is 0 Å². The summed E-state index contributed by atoms with van der Waals surface area (Å²) < 4.78 is 10.8. The van der Waals surface area contributed by atoms with Gasteiger partial charge in [0.2, 0.25) is 0 Å². The van der Waals surface area contributed by atoms with E-state index in [1.807, 2.05) is 25.1 Å². The van der Waals surface area contributed by atoms with Crippen LogP contribution < -0.4 is 15.2 Å². The molecule has 0 atom stereocenters. The highest BCUT2D eigenvalue weighted by atomic mass is 32.1. The molecule has 0 radical (unpaired) electrons. The Bertz CT molecular complexity index is 596. The highest BCUT2D eigenvalue weighted by Gasteiger charge is 2.10. The fourth-order valence-corrected chi connectivity index (χ4v) is 2.54. The number of hydrogen-bond acceptors (Lipinski definition) is 5. The zero-order chi connectivity index (χ0) is 13.8. The Morgan fingerprint density at radius 1 is 1.42 bits per heavy atom. The number of methoxy groups -OCH3 is 1. The monoisotopic (exact) mass is 294 g/mol. The second kappa shape index (κ2) is 5.99. The second-order valence-electron chi connectivity index (χ2n) is 3.69. The molecule has 0 unspecified atom stereocenters. The van der Waals surface area contributed by atoms with E-state index in [1.54, 1.807) is 13.3 Å². The first-order valence-corrected chi connectivity index (χ1v) is 6.95. The number of thiazole rings is 1. The molecule has 19 heavy (non-hydrogen) atoms. The lowest BCUT2D eigenvalue weighted by molar-refractivity contribution is 0.311. The molecule has 0 bridgehead atoms. The molecule has 2 rings (SSSR count). The number of rotatable bonds is 5. The van der Waals surface area contributed by atoms with Crippen molar-refractivity contribution in [3.05, 3.63) is 29.3 Å². The lowest BCUT2D eigenvalue weighted by Crippen LogP contribution is -2.06. The van der Waals surface area contributed by atoms with Crippen LogP contribution in [0.3, 0.4) is 0 Å². The number of benzene rings is 1. The highest BCUT2D eigenvalue weighted by Crippen LogP contribution is 2.34. The standard InChI is InChI=1S/C13H14N2O2S2/c1-3-17-9-5-4-8(6-10(9)16-2)13-15-7-11(19-13)12(14)18/h4-7H,3H2,1-2H3,(H2,14,18). The molecule has 0 amide bonds. The van der Waals surface area contributed by atoms with Crippen LogP contribution in [0, 0.1) is 0 Å². The molecule has 2 N–H and O–H groups in total. The van der Waals surface area contributed by atoms with Gasteiger partial charge in [0.05, 0.1) is 18.6 Å².